The average Bonchev–Trinajstić information content (AvgIpc) is 2.84. The molecule has 2 aliphatic rings. The van der Waals surface area contributed by atoms with Gasteiger partial charge in [-0.3, -0.25) is 9.80 Å². The maximum absolute atomic E-state index is 13.5. The van der Waals surface area contributed by atoms with Gasteiger partial charge in [-0.2, -0.15) is 26.3 Å². The molecular formula is C27H30ClF6N2. The Labute approximate surface area is 213 Å². The first-order valence-electron chi connectivity index (χ1n) is 12.3. The van der Waals surface area contributed by atoms with E-state index in [1.165, 1.54) is 19.3 Å². The lowest BCUT2D eigenvalue weighted by Gasteiger charge is -2.48. The molecule has 1 saturated heterocycles. The molecule has 36 heavy (non-hydrogen) atoms. The molecule has 2 aromatic rings. The van der Waals surface area contributed by atoms with E-state index in [4.69, 9.17) is 11.6 Å². The molecule has 0 aromatic heterocycles. The third-order valence-corrected chi connectivity index (χ3v) is 7.79. The first-order valence-corrected chi connectivity index (χ1v) is 12.6. The topological polar surface area (TPSA) is 6.48 Å². The van der Waals surface area contributed by atoms with E-state index in [0.717, 1.165) is 38.1 Å². The SMILES string of the molecule is [CH2]C(Cc1cc(C(F)(F)F)cc(C(F)(F)F)c1)(c1ccc(Cl)cc1)N1CCN(C2CCCCC2)CC1. The average molecular weight is 532 g/mol. The minimum absolute atomic E-state index is 0.0585. The maximum Gasteiger partial charge on any atom is 0.416 e. The van der Waals surface area contributed by atoms with Crippen molar-refractivity contribution in [3.63, 3.8) is 0 Å². The fraction of sp³-hybridized carbons (Fsp3) is 0.519. The molecule has 1 heterocycles. The van der Waals surface area contributed by atoms with E-state index < -0.39 is 29.0 Å². The van der Waals surface area contributed by atoms with Crippen LogP contribution in [-0.4, -0.2) is 42.0 Å². The zero-order valence-electron chi connectivity index (χ0n) is 19.9. The third-order valence-electron chi connectivity index (χ3n) is 7.54. The first-order chi connectivity index (χ1) is 16.9. The van der Waals surface area contributed by atoms with Crippen molar-refractivity contribution in [3.05, 3.63) is 76.7 Å². The minimum atomic E-state index is -4.90. The normalized spacial score (nSPS) is 20.9. The number of alkyl halides is 6. The van der Waals surface area contributed by atoms with Gasteiger partial charge in [-0.15, -0.1) is 0 Å². The van der Waals surface area contributed by atoms with E-state index in [2.05, 4.69) is 16.7 Å². The van der Waals surface area contributed by atoms with Gasteiger partial charge in [-0.1, -0.05) is 43.0 Å². The summed E-state index contributed by atoms with van der Waals surface area (Å²) >= 11 is 6.06. The molecule has 0 amide bonds. The van der Waals surface area contributed by atoms with Crippen LogP contribution in [0.15, 0.2) is 42.5 Å². The van der Waals surface area contributed by atoms with Crippen molar-refractivity contribution < 1.29 is 26.3 Å². The summed E-state index contributed by atoms with van der Waals surface area (Å²) in [4.78, 5) is 4.55. The lowest BCUT2D eigenvalue weighted by molar-refractivity contribution is -0.143. The molecule has 1 saturated carbocycles. The lowest BCUT2D eigenvalue weighted by Crippen LogP contribution is -2.57. The second kappa shape index (κ2) is 10.5. The summed E-state index contributed by atoms with van der Waals surface area (Å²) < 4.78 is 81.0. The van der Waals surface area contributed by atoms with Crippen LogP contribution >= 0.6 is 11.6 Å². The molecule has 2 nitrogen and oxygen atoms in total. The van der Waals surface area contributed by atoms with Gasteiger partial charge in [0.15, 0.2) is 0 Å². The highest BCUT2D eigenvalue weighted by Gasteiger charge is 2.40. The summed E-state index contributed by atoms with van der Waals surface area (Å²) in [5, 5.41) is 0.488. The standard InChI is InChI=1S/C27H30ClF6N2/c1-25(20-7-9-23(28)10-8-20,36-13-11-35(12-14-36)24-5-3-2-4-6-24)18-19-15-21(26(29,30)31)17-22(16-19)27(32,33)34/h7-10,15-17,24H,1-6,11-14,18H2. The Balaban J connectivity index is 1.66. The summed E-state index contributed by atoms with van der Waals surface area (Å²) in [6.07, 6.45) is -3.89. The lowest BCUT2D eigenvalue weighted by atomic mass is 9.82. The number of hydrogen-bond acceptors (Lipinski definition) is 2. The van der Waals surface area contributed by atoms with Gasteiger partial charge in [-0.05, 0) is 67.6 Å². The highest BCUT2D eigenvalue weighted by molar-refractivity contribution is 6.30. The Hall–Kier alpha value is -1.77. The number of nitrogens with zero attached hydrogens (tertiary/aromatic N) is 2. The molecule has 1 radical (unpaired) electrons. The number of piperazine rings is 1. The van der Waals surface area contributed by atoms with E-state index in [0.29, 0.717) is 29.7 Å². The molecule has 1 aliphatic heterocycles. The Morgan fingerprint density at radius 1 is 0.750 bits per heavy atom. The first kappa shape index (κ1) is 27.3. The van der Waals surface area contributed by atoms with Gasteiger partial charge < -0.3 is 0 Å². The number of halogens is 7. The van der Waals surface area contributed by atoms with Crippen molar-refractivity contribution in [2.75, 3.05) is 26.2 Å². The fourth-order valence-corrected chi connectivity index (χ4v) is 5.70. The van der Waals surface area contributed by atoms with Crippen LogP contribution < -0.4 is 0 Å². The van der Waals surface area contributed by atoms with Crippen LogP contribution in [0, 0.1) is 6.92 Å². The summed E-state index contributed by atoms with van der Waals surface area (Å²) in [5.74, 6) is 0. The largest absolute Gasteiger partial charge is 0.416 e. The second-order valence-electron chi connectivity index (χ2n) is 9.94. The van der Waals surface area contributed by atoms with Gasteiger partial charge in [0.05, 0.1) is 16.7 Å². The molecule has 2 fully saturated rings. The molecule has 2 aromatic carbocycles. The zero-order valence-corrected chi connectivity index (χ0v) is 20.7. The van der Waals surface area contributed by atoms with Crippen molar-refractivity contribution in [3.8, 4) is 0 Å². The van der Waals surface area contributed by atoms with E-state index in [-0.39, 0.29) is 18.1 Å². The predicted octanol–water partition coefficient (Wildman–Crippen LogP) is 7.60. The molecule has 9 heteroatoms. The summed E-state index contributed by atoms with van der Waals surface area (Å²) in [7, 11) is 0. The van der Waals surface area contributed by atoms with Crippen molar-refractivity contribution >= 4 is 11.6 Å². The smallest absolute Gasteiger partial charge is 0.298 e. The van der Waals surface area contributed by atoms with Crippen LogP contribution in [0.5, 0.6) is 0 Å². The highest BCUT2D eigenvalue weighted by Crippen LogP contribution is 2.40. The van der Waals surface area contributed by atoms with Crippen molar-refractivity contribution in [2.24, 2.45) is 0 Å². The van der Waals surface area contributed by atoms with E-state index in [1.54, 1.807) is 24.3 Å². The fourth-order valence-electron chi connectivity index (χ4n) is 5.58. The Morgan fingerprint density at radius 3 is 1.78 bits per heavy atom. The molecule has 1 unspecified atom stereocenters. The molecular weight excluding hydrogens is 502 g/mol. The van der Waals surface area contributed by atoms with Crippen molar-refractivity contribution in [1.82, 2.24) is 9.80 Å². The van der Waals surface area contributed by atoms with Gasteiger partial charge in [0.25, 0.3) is 0 Å². The highest BCUT2D eigenvalue weighted by atomic mass is 35.5. The van der Waals surface area contributed by atoms with Crippen LogP contribution in [0.2, 0.25) is 5.02 Å². The predicted molar refractivity (Wildman–Crippen MR) is 129 cm³/mol. The van der Waals surface area contributed by atoms with E-state index >= 15 is 0 Å². The van der Waals surface area contributed by atoms with Crippen LogP contribution in [0.25, 0.3) is 0 Å². The molecule has 197 valence electrons. The van der Waals surface area contributed by atoms with Crippen LogP contribution in [0.3, 0.4) is 0 Å². The van der Waals surface area contributed by atoms with E-state index in [1.807, 2.05) is 0 Å². The number of benzene rings is 2. The molecule has 1 aliphatic carbocycles. The van der Waals surface area contributed by atoms with Crippen molar-refractivity contribution in [1.29, 1.82) is 0 Å². The van der Waals surface area contributed by atoms with Crippen LogP contribution in [0.4, 0.5) is 26.3 Å². The summed E-state index contributed by atoms with van der Waals surface area (Å²) in [6, 6.07) is 9.16. The summed E-state index contributed by atoms with van der Waals surface area (Å²) in [5.41, 5.74) is -3.04. The maximum atomic E-state index is 13.5. The quantitative estimate of drug-likeness (QED) is 0.367. The third kappa shape index (κ3) is 6.20. The minimum Gasteiger partial charge on any atom is -0.298 e. The van der Waals surface area contributed by atoms with E-state index in [9.17, 15) is 26.3 Å². The molecule has 1 atom stereocenters. The van der Waals surface area contributed by atoms with Gasteiger partial charge >= 0.3 is 12.4 Å². The van der Waals surface area contributed by atoms with Gasteiger partial charge in [-0.25, -0.2) is 0 Å². The zero-order chi connectivity index (χ0) is 26.1. The van der Waals surface area contributed by atoms with Crippen molar-refractivity contribution in [2.45, 2.75) is 62.5 Å². The Morgan fingerprint density at radius 2 is 1.28 bits per heavy atom. The Bertz CT molecular complexity index is 990. The molecule has 0 spiro atoms. The Kier molecular flexibility index (Phi) is 7.98. The van der Waals surface area contributed by atoms with Gasteiger partial charge in [0, 0.05) is 37.2 Å². The molecule has 0 N–H and O–H groups in total. The summed E-state index contributed by atoms with van der Waals surface area (Å²) in [6.45, 7) is 7.22. The monoisotopic (exact) mass is 531 g/mol. The van der Waals surface area contributed by atoms with Crippen LogP contribution in [0.1, 0.15) is 54.4 Å². The molecule has 0 bridgehead atoms. The number of rotatable bonds is 5. The van der Waals surface area contributed by atoms with Gasteiger partial charge in [0.1, 0.15) is 0 Å². The number of hydrogen-bond donors (Lipinski definition) is 0. The second-order valence-corrected chi connectivity index (χ2v) is 10.4. The van der Waals surface area contributed by atoms with Crippen LogP contribution in [-0.2, 0) is 24.3 Å². The molecule has 4 rings (SSSR count). The van der Waals surface area contributed by atoms with Gasteiger partial charge in [0.2, 0.25) is 0 Å².